The number of carbonyl (C=O) groups excluding carboxylic acids is 2. The van der Waals surface area contributed by atoms with E-state index in [1.807, 2.05) is 62.4 Å². The van der Waals surface area contributed by atoms with Gasteiger partial charge in [-0.25, -0.2) is 9.79 Å². The van der Waals surface area contributed by atoms with Crippen LogP contribution in [0.4, 0.5) is 10.5 Å². The number of benzene rings is 2. The summed E-state index contributed by atoms with van der Waals surface area (Å²) in [5.74, 6) is -0.291. The molecule has 0 radical (unpaired) electrons. The fraction of sp³-hybridized carbons (Fsp3) is 0.250. The van der Waals surface area contributed by atoms with Gasteiger partial charge >= 0.3 is 6.03 Å². The molecule has 6 heteroatoms. The van der Waals surface area contributed by atoms with Crippen LogP contribution in [0.2, 0.25) is 0 Å². The summed E-state index contributed by atoms with van der Waals surface area (Å²) < 4.78 is 0. The minimum Gasteiger partial charge on any atom is -0.352 e. The van der Waals surface area contributed by atoms with Crippen molar-refractivity contribution in [3.63, 3.8) is 0 Å². The number of fused-ring (bicyclic) bond motifs is 1. The van der Waals surface area contributed by atoms with Crippen molar-refractivity contribution < 1.29 is 9.59 Å². The van der Waals surface area contributed by atoms with Gasteiger partial charge in [-0.15, -0.1) is 0 Å². The number of benzodiazepines with no additional fused rings is 1. The Morgan fingerprint density at radius 1 is 1.19 bits per heavy atom. The first-order valence-electron chi connectivity index (χ1n) is 8.63. The minimum atomic E-state index is -1.05. The van der Waals surface area contributed by atoms with E-state index in [2.05, 4.69) is 10.3 Å². The third-order valence-corrected chi connectivity index (χ3v) is 4.26. The van der Waals surface area contributed by atoms with Crippen LogP contribution < -0.4 is 16.0 Å². The van der Waals surface area contributed by atoms with E-state index in [0.29, 0.717) is 12.3 Å². The average molecular weight is 350 g/mol. The molecule has 6 nitrogen and oxygen atoms in total. The molecule has 1 atom stereocenters. The maximum atomic E-state index is 13.0. The van der Waals surface area contributed by atoms with Gasteiger partial charge in [-0.2, -0.15) is 0 Å². The monoisotopic (exact) mass is 350 g/mol. The number of amides is 3. The number of hydrogen-bond acceptors (Lipinski definition) is 3. The van der Waals surface area contributed by atoms with Gasteiger partial charge < -0.3 is 16.0 Å². The van der Waals surface area contributed by atoms with Gasteiger partial charge in [0.25, 0.3) is 5.91 Å². The third-order valence-electron chi connectivity index (χ3n) is 4.26. The molecule has 26 heavy (non-hydrogen) atoms. The molecule has 0 saturated heterocycles. The molecule has 3 rings (SSSR count). The number of primary amides is 1. The Balaban J connectivity index is 2.20. The number of nitrogens with zero attached hydrogens (tertiary/aromatic N) is 2. The molecule has 134 valence electrons. The quantitative estimate of drug-likeness (QED) is 0.888. The number of anilines is 1. The largest absolute Gasteiger partial charge is 0.352 e. The van der Waals surface area contributed by atoms with E-state index in [9.17, 15) is 9.59 Å². The summed E-state index contributed by atoms with van der Waals surface area (Å²) in [5, 5.41) is 2.47. The Bertz CT molecular complexity index is 858. The molecular weight excluding hydrogens is 328 g/mol. The minimum absolute atomic E-state index is 0.291. The number of rotatable bonds is 4. The van der Waals surface area contributed by atoms with Crippen LogP contribution in [0.15, 0.2) is 53.5 Å². The van der Waals surface area contributed by atoms with E-state index in [4.69, 9.17) is 5.73 Å². The van der Waals surface area contributed by atoms with Gasteiger partial charge in [0.1, 0.15) is 0 Å². The van der Waals surface area contributed by atoms with Crippen LogP contribution in [0, 0.1) is 6.92 Å². The van der Waals surface area contributed by atoms with E-state index in [1.165, 1.54) is 0 Å². The Labute approximate surface area is 152 Å². The number of aryl methyl sites for hydroxylation is 1. The maximum Gasteiger partial charge on any atom is 0.314 e. The predicted octanol–water partition coefficient (Wildman–Crippen LogP) is 2.58. The topological polar surface area (TPSA) is 87.8 Å². The van der Waals surface area contributed by atoms with E-state index >= 15 is 0 Å². The fourth-order valence-electron chi connectivity index (χ4n) is 3.05. The third kappa shape index (κ3) is 3.44. The average Bonchev–Trinajstić information content (AvgIpc) is 2.73. The van der Waals surface area contributed by atoms with Gasteiger partial charge in [-0.05, 0) is 19.4 Å². The number of nitrogens with two attached hydrogens (primary N) is 1. The van der Waals surface area contributed by atoms with Gasteiger partial charge in [-0.1, -0.05) is 55.0 Å². The molecular formula is C20H22N4O2. The summed E-state index contributed by atoms with van der Waals surface area (Å²) in [6.07, 6.45) is -0.272. The van der Waals surface area contributed by atoms with Gasteiger partial charge in [0.15, 0.2) is 0 Å². The lowest BCUT2D eigenvalue weighted by molar-refractivity contribution is -0.120. The molecule has 1 aliphatic rings. The molecule has 0 spiro atoms. The predicted molar refractivity (Wildman–Crippen MR) is 102 cm³/mol. The maximum absolute atomic E-state index is 13.0. The molecule has 0 fully saturated rings. The molecule has 3 amide bonds. The number of hydrogen-bond donors (Lipinski definition) is 2. The van der Waals surface area contributed by atoms with Crippen molar-refractivity contribution in [2.24, 2.45) is 10.7 Å². The fourth-order valence-corrected chi connectivity index (χ4v) is 3.05. The summed E-state index contributed by atoms with van der Waals surface area (Å²) in [6.45, 7) is 4.54. The molecule has 0 aliphatic carbocycles. The van der Waals surface area contributed by atoms with E-state index in [-0.39, 0.29) is 5.91 Å². The second-order valence-electron chi connectivity index (χ2n) is 6.26. The molecule has 0 aromatic heterocycles. The van der Waals surface area contributed by atoms with Crippen LogP contribution in [-0.2, 0) is 4.79 Å². The highest BCUT2D eigenvalue weighted by Gasteiger charge is 2.32. The Hall–Kier alpha value is -3.15. The summed E-state index contributed by atoms with van der Waals surface area (Å²) in [7, 11) is 0. The van der Waals surface area contributed by atoms with Crippen LogP contribution in [0.5, 0.6) is 0 Å². The number of para-hydroxylation sites is 1. The van der Waals surface area contributed by atoms with Crippen LogP contribution in [0.25, 0.3) is 0 Å². The van der Waals surface area contributed by atoms with Crippen LogP contribution in [-0.4, -0.2) is 30.4 Å². The molecule has 0 saturated carbocycles. The smallest absolute Gasteiger partial charge is 0.314 e. The first-order chi connectivity index (χ1) is 12.5. The van der Waals surface area contributed by atoms with Crippen LogP contribution >= 0.6 is 0 Å². The summed E-state index contributed by atoms with van der Waals surface area (Å²) in [6, 6.07) is 14.8. The highest BCUT2D eigenvalue weighted by atomic mass is 16.2. The van der Waals surface area contributed by atoms with Gasteiger partial charge in [0.05, 0.1) is 11.4 Å². The second-order valence-corrected chi connectivity index (χ2v) is 6.26. The van der Waals surface area contributed by atoms with Crippen molar-refractivity contribution in [3.05, 3.63) is 65.2 Å². The van der Waals surface area contributed by atoms with E-state index in [1.54, 1.807) is 4.90 Å². The van der Waals surface area contributed by atoms with E-state index < -0.39 is 12.2 Å². The molecule has 2 aromatic carbocycles. The molecule has 0 bridgehead atoms. The normalized spacial score (nSPS) is 16.5. The lowest BCUT2D eigenvalue weighted by Crippen LogP contribution is -2.49. The van der Waals surface area contributed by atoms with Gasteiger partial charge in [0, 0.05) is 17.7 Å². The summed E-state index contributed by atoms with van der Waals surface area (Å²) >= 11 is 0. The number of urea groups is 1. The van der Waals surface area contributed by atoms with Crippen molar-refractivity contribution in [2.45, 2.75) is 26.4 Å². The Morgan fingerprint density at radius 2 is 1.88 bits per heavy atom. The zero-order chi connectivity index (χ0) is 18.7. The molecule has 2 aromatic rings. The van der Waals surface area contributed by atoms with Crippen molar-refractivity contribution >= 4 is 23.3 Å². The molecule has 3 N–H and O–H groups in total. The molecule has 0 unspecified atom stereocenters. The number of nitrogens with one attached hydrogen (secondary N) is 1. The SMILES string of the molecule is CCCN1C(=O)[C@H](NC(N)=O)N=C(c2ccc(C)cc2)c2ccccc21. The molecule has 1 aliphatic heterocycles. The number of carbonyl (C=O) groups is 2. The highest BCUT2D eigenvalue weighted by Crippen LogP contribution is 2.28. The first kappa shape index (κ1) is 17.7. The van der Waals surface area contributed by atoms with Crippen LogP contribution in [0.3, 0.4) is 0 Å². The first-order valence-corrected chi connectivity index (χ1v) is 8.63. The standard InChI is InChI=1S/C20H22N4O2/c1-3-12-24-16-7-5-4-6-15(16)17(14-10-8-13(2)9-11-14)22-18(19(24)25)23-20(21)26/h4-11,18H,3,12H2,1-2H3,(H3,21,23,26)/t18-/m0/s1. The lowest BCUT2D eigenvalue weighted by atomic mass is 9.99. The van der Waals surface area contributed by atoms with Crippen molar-refractivity contribution in [1.29, 1.82) is 0 Å². The second kappa shape index (κ2) is 7.39. The Kier molecular flexibility index (Phi) is 5.02. The van der Waals surface area contributed by atoms with E-state index in [0.717, 1.165) is 28.8 Å². The zero-order valence-corrected chi connectivity index (χ0v) is 14.9. The van der Waals surface area contributed by atoms with Gasteiger partial charge in [-0.3, -0.25) is 4.79 Å². The zero-order valence-electron chi connectivity index (χ0n) is 14.9. The number of aliphatic imine (C=N–C) groups is 1. The van der Waals surface area contributed by atoms with Crippen molar-refractivity contribution in [1.82, 2.24) is 5.32 Å². The van der Waals surface area contributed by atoms with Crippen molar-refractivity contribution in [3.8, 4) is 0 Å². The molecule has 1 heterocycles. The van der Waals surface area contributed by atoms with Gasteiger partial charge in [0.2, 0.25) is 6.17 Å². The Morgan fingerprint density at radius 3 is 2.54 bits per heavy atom. The lowest BCUT2D eigenvalue weighted by Gasteiger charge is -2.24. The highest BCUT2D eigenvalue weighted by molar-refractivity contribution is 6.20. The van der Waals surface area contributed by atoms with Crippen LogP contribution in [0.1, 0.15) is 30.0 Å². The summed E-state index contributed by atoms with van der Waals surface area (Å²) in [5.41, 5.74) is 9.58. The van der Waals surface area contributed by atoms with Crippen molar-refractivity contribution in [2.75, 3.05) is 11.4 Å². The summed E-state index contributed by atoms with van der Waals surface area (Å²) in [4.78, 5) is 30.7.